The van der Waals surface area contributed by atoms with Crippen LogP contribution in [0.4, 0.5) is 0 Å². The lowest BCUT2D eigenvalue weighted by Crippen LogP contribution is -2.40. The van der Waals surface area contributed by atoms with Crippen molar-refractivity contribution in [2.75, 3.05) is 26.2 Å². The van der Waals surface area contributed by atoms with Gasteiger partial charge in [0.1, 0.15) is 0 Å². The molecule has 2 aliphatic rings. The molecule has 1 heterocycles. The molecule has 0 atom stereocenters. The van der Waals surface area contributed by atoms with E-state index in [2.05, 4.69) is 35.2 Å². The van der Waals surface area contributed by atoms with Gasteiger partial charge in [-0.2, -0.15) is 0 Å². The van der Waals surface area contributed by atoms with Crippen molar-refractivity contribution in [3.05, 3.63) is 35.9 Å². The van der Waals surface area contributed by atoms with Gasteiger partial charge in [0.05, 0.1) is 0 Å². The third kappa shape index (κ3) is 3.18. The Labute approximate surface area is 116 Å². The van der Waals surface area contributed by atoms with E-state index < -0.39 is 0 Å². The number of hydrogen-bond donors (Lipinski definition) is 1. The number of hydrogen-bond acceptors (Lipinski definition) is 2. The molecule has 104 valence electrons. The van der Waals surface area contributed by atoms with E-state index in [1.807, 2.05) is 0 Å². The lowest BCUT2D eigenvalue weighted by molar-refractivity contribution is 0.0974. The highest BCUT2D eigenvalue weighted by atomic mass is 16.3. The van der Waals surface area contributed by atoms with Crippen molar-refractivity contribution >= 4 is 0 Å². The molecule has 3 rings (SSSR count). The molecular formula is C17H25NO. The van der Waals surface area contributed by atoms with Crippen LogP contribution >= 0.6 is 0 Å². The first-order valence-corrected chi connectivity index (χ1v) is 7.73. The molecule has 1 aromatic rings. The van der Waals surface area contributed by atoms with Crippen molar-refractivity contribution in [1.29, 1.82) is 0 Å². The summed E-state index contributed by atoms with van der Waals surface area (Å²) in [6.07, 6.45) is 5.10. The Morgan fingerprint density at radius 3 is 2.32 bits per heavy atom. The molecule has 0 bridgehead atoms. The van der Waals surface area contributed by atoms with Crippen molar-refractivity contribution in [2.45, 2.75) is 31.6 Å². The minimum Gasteiger partial charge on any atom is -0.396 e. The average molecular weight is 259 g/mol. The van der Waals surface area contributed by atoms with Gasteiger partial charge in [0.2, 0.25) is 0 Å². The number of likely N-dealkylation sites (tertiary alicyclic amines) is 1. The van der Waals surface area contributed by atoms with Crippen molar-refractivity contribution in [3.8, 4) is 0 Å². The fourth-order valence-electron chi connectivity index (χ4n) is 3.60. The van der Waals surface area contributed by atoms with Gasteiger partial charge in [-0.25, -0.2) is 0 Å². The zero-order chi connectivity index (χ0) is 13.1. The van der Waals surface area contributed by atoms with Crippen LogP contribution in [0.2, 0.25) is 0 Å². The second-order valence-electron chi connectivity index (χ2n) is 6.37. The highest BCUT2D eigenvalue weighted by molar-refractivity contribution is 5.22. The van der Waals surface area contributed by atoms with E-state index in [-0.39, 0.29) is 0 Å². The topological polar surface area (TPSA) is 23.5 Å². The van der Waals surface area contributed by atoms with Crippen LogP contribution in [0.3, 0.4) is 0 Å². The van der Waals surface area contributed by atoms with E-state index >= 15 is 0 Å². The number of nitrogens with zero attached hydrogens (tertiary/aromatic N) is 1. The van der Waals surface area contributed by atoms with Crippen molar-refractivity contribution in [2.24, 2.45) is 11.8 Å². The molecule has 0 spiro atoms. The van der Waals surface area contributed by atoms with Gasteiger partial charge in [0.15, 0.2) is 0 Å². The summed E-state index contributed by atoms with van der Waals surface area (Å²) in [6, 6.07) is 11.0. The molecule has 0 aromatic heterocycles. The summed E-state index contributed by atoms with van der Waals surface area (Å²) >= 11 is 0. The minimum atomic E-state index is 0.382. The maximum atomic E-state index is 9.16. The molecule has 1 saturated carbocycles. The molecule has 19 heavy (non-hydrogen) atoms. The number of aliphatic hydroxyl groups excluding tert-OH is 1. The molecular weight excluding hydrogens is 234 g/mol. The quantitative estimate of drug-likeness (QED) is 0.898. The Bertz CT molecular complexity index is 378. The molecule has 0 radical (unpaired) electrons. The molecule has 1 saturated heterocycles. The average Bonchev–Trinajstić information content (AvgIpc) is 2.44. The molecule has 0 amide bonds. The fraction of sp³-hybridized carbons (Fsp3) is 0.647. The molecule has 1 aromatic carbocycles. The van der Waals surface area contributed by atoms with Crippen LogP contribution in [0.15, 0.2) is 30.3 Å². The Hall–Kier alpha value is -0.860. The van der Waals surface area contributed by atoms with Gasteiger partial charge < -0.3 is 10.0 Å². The smallest absolute Gasteiger partial charge is 0.0460 e. The van der Waals surface area contributed by atoms with Gasteiger partial charge in [-0.3, -0.25) is 0 Å². The second-order valence-corrected chi connectivity index (χ2v) is 6.37. The molecule has 2 heteroatoms. The van der Waals surface area contributed by atoms with Gasteiger partial charge in [-0.15, -0.1) is 0 Å². The summed E-state index contributed by atoms with van der Waals surface area (Å²) in [7, 11) is 0. The number of piperidine rings is 1. The maximum Gasteiger partial charge on any atom is 0.0460 e. The predicted molar refractivity (Wildman–Crippen MR) is 78.2 cm³/mol. The van der Waals surface area contributed by atoms with Crippen LogP contribution in [0.5, 0.6) is 0 Å². The first-order chi connectivity index (χ1) is 9.35. The van der Waals surface area contributed by atoms with E-state index in [1.165, 1.54) is 50.9 Å². The van der Waals surface area contributed by atoms with Crippen LogP contribution in [0, 0.1) is 11.8 Å². The summed E-state index contributed by atoms with van der Waals surface area (Å²) in [5.41, 5.74) is 1.53. The first-order valence-electron chi connectivity index (χ1n) is 7.73. The lowest BCUT2D eigenvalue weighted by Gasteiger charge is -2.41. The van der Waals surface area contributed by atoms with Crippen LogP contribution in [0.25, 0.3) is 0 Å². The molecule has 2 fully saturated rings. The SMILES string of the molecule is OCC1CCN(CC2CC(c3ccccc3)C2)CC1. The van der Waals surface area contributed by atoms with E-state index in [1.54, 1.807) is 0 Å². The highest BCUT2D eigenvalue weighted by Gasteiger charge is 2.32. The minimum absolute atomic E-state index is 0.382. The molecule has 1 N–H and O–H groups in total. The zero-order valence-electron chi connectivity index (χ0n) is 11.7. The van der Waals surface area contributed by atoms with Crippen LogP contribution in [0.1, 0.15) is 37.2 Å². The lowest BCUT2D eigenvalue weighted by atomic mass is 9.71. The molecule has 1 aliphatic carbocycles. The van der Waals surface area contributed by atoms with Crippen LogP contribution in [-0.2, 0) is 0 Å². The Balaban J connectivity index is 1.40. The largest absolute Gasteiger partial charge is 0.396 e. The first kappa shape index (κ1) is 13.1. The fourth-order valence-corrected chi connectivity index (χ4v) is 3.60. The normalized spacial score (nSPS) is 29.1. The molecule has 2 nitrogen and oxygen atoms in total. The molecule has 1 aliphatic heterocycles. The number of benzene rings is 1. The predicted octanol–water partition coefficient (Wildman–Crippen LogP) is 2.88. The zero-order valence-corrected chi connectivity index (χ0v) is 11.7. The highest BCUT2D eigenvalue weighted by Crippen LogP contribution is 2.42. The van der Waals surface area contributed by atoms with Crippen molar-refractivity contribution in [1.82, 2.24) is 4.90 Å². The van der Waals surface area contributed by atoms with Gasteiger partial charge in [-0.05, 0) is 62.1 Å². The maximum absolute atomic E-state index is 9.16. The van der Waals surface area contributed by atoms with E-state index in [0.717, 1.165) is 11.8 Å². The van der Waals surface area contributed by atoms with Gasteiger partial charge in [0.25, 0.3) is 0 Å². The van der Waals surface area contributed by atoms with E-state index in [4.69, 9.17) is 5.11 Å². The van der Waals surface area contributed by atoms with Crippen LogP contribution in [-0.4, -0.2) is 36.2 Å². The number of rotatable bonds is 4. The van der Waals surface area contributed by atoms with E-state index in [9.17, 15) is 0 Å². The summed E-state index contributed by atoms with van der Waals surface area (Å²) in [6.45, 7) is 4.05. The van der Waals surface area contributed by atoms with Crippen molar-refractivity contribution < 1.29 is 5.11 Å². The monoisotopic (exact) mass is 259 g/mol. The van der Waals surface area contributed by atoms with Crippen LogP contribution < -0.4 is 0 Å². The Morgan fingerprint density at radius 2 is 1.68 bits per heavy atom. The third-order valence-corrected chi connectivity index (χ3v) is 4.99. The van der Waals surface area contributed by atoms with Gasteiger partial charge in [0, 0.05) is 13.2 Å². The summed E-state index contributed by atoms with van der Waals surface area (Å²) < 4.78 is 0. The summed E-state index contributed by atoms with van der Waals surface area (Å²) in [5, 5.41) is 9.16. The van der Waals surface area contributed by atoms with Crippen molar-refractivity contribution in [3.63, 3.8) is 0 Å². The Kier molecular flexibility index (Phi) is 4.19. The third-order valence-electron chi connectivity index (χ3n) is 4.99. The number of aliphatic hydroxyl groups is 1. The van der Waals surface area contributed by atoms with Gasteiger partial charge in [-0.1, -0.05) is 30.3 Å². The standard InChI is InChI=1S/C17H25NO/c19-13-14-6-8-18(9-7-14)12-15-10-17(11-15)16-4-2-1-3-5-16/h1-5,14-15,17,19H,6-13H2. The molecule has 0 unspecified atom stereocenters. The Morgan fingerprint density at radius 1 is 1.00 bits per heavy atom. The van der Waals surface area contributed by atoms with E-state index in [0.29, 0.717) is 12.5 Å². The van der Waals surface area contributed by atoms with Gasteiger partial charge >= 0.3 is 0 Å². The summed E-state index contributed by atoms with van der Waals surface area (Å²) in [5.74, 6) is 2.27. The summed E-state index contributed by atoms with van der Waals surface area (Å²) in [4.78, 5) is 2.61. The second kappa shape index (κ2) is 6.06.